The number of anilines is 1. The highest BCUT2D eigenvalue weighted by molar-refractivity contribution is 6.17. The molecule has 1 unspecified atom stereocenters. The minimum Gasteiger partial charge on any atom is -0.356 e. The SMILES string of the molecule is CNc1n[nH]c(C(CCCCCl)c2ccccc2)n1. The summed E-state index contributed by atoms with van der Waals surface area (Å²) in [5.41, 5.74) is 1.26. The lowest BCUT2D eigenvalue weighted by atomic mass is 9.93. The van der Waals surface area contributed by atoms with E-state index in [1.54, 1.807) is 0 Å². The van der Waals surface area contributed by atoms with Crippen LogP contribution in [-0.4, -0.2) is 28.1 Å². The molecule has 0 aliphatic rings. The van der Waals surface area contributed by atoms with Crippen molar-refractivity contribution < 1.29 is 0 Å². The molecule has 1 atom stereocenters. The minimum absolute atomic E-state index is 0.249. The summed E-state index contributed by atoms with van der Waals surface area (Å²) >= 11 is 5.76. The van der Waals surface area contributed by atoms with Crippen LogP contribution >= 0.6 is 11.6 Å². The van der Waals surface area contributed by atoms with Crippen molar-refractivity contribution in [1.29, 1.82) is 0 Å². The second-order valence-corrected chi connectivity index (χ2v) is 4.82. The van der Waals surface area contributed by atoms with Crippen molar-refractivity contribution in [3.8, 4) is 0 Å². The van der Waals surface area contributed by atoms with Gasteiger partial charge in [-0.25, -0.2) is 0 Å². The van der Waals surface area contributed by atoms with Crippen LogP contribution in [0.25, 0.3) is 0 Å². The van der Waals surface area contributed by atoms with E-state index in [0.717, 1.165) is 25.1 Å². The zero-order valence-corrected chi connectivity index (χ0v) is 11.8. The van der Waals surface area contributed by atoms with Gasteiger partial charge in [0, 0.05) is 18.8 Å². The van der Waals surface area contributed by atoms with E-state index in [2.05, 4.69) is 44.8 Å². The van der Waals surface area contributed by atoms with Crippen LogP contribution < -0.4 is 5.32 Å². The van der Waals surface area contributed by atoms with Gasteiger partial charge in [-0.3, -0.25) is 5.10 Å². The number of aromatic nitrogens is 3. The van der Waals surface area contributed by atoms with Crippen molar-refractivity contribution in [2.75, 3.05) is 18.2 Å². The Morgan fingerprint density at radius 2 is 2.05 bits per heavy atom. The van der Waals surface area contributed by atoms with E-state index < -0.39 is 0 Å². The maximum Gasteiger partial charge on any atom is 0.241 e. The smallest absolute Gasteiger partial charge is 0.241 e. The van der Waals surface area contributed by atoms with Crippen molar-refractivity contribution >= 4 is 17.5 Å². The van der Waals surface area contributed by atoms with E-state index in [4.69, 9.17) is 11.6 Å². The number of alkyl halides is 1. The fourth-order valence-electron chi connectivity index (χ4n) is 2.13. The summed E-state index contributed by atoms with van der Waals surface area (Å²) in [7, 11) is 1.82. The largest absolute Gasteiger partial charge is 0.356 e. The monoisotopic (exact) mass is 278 g/mol. The predicted molar refractivity (Wildman–Crippen MR) is 78.8 cm³/mol. The summed E-state index contributed by atoms with van der Waals surface area (Å²) in [6.45, 7) is 0. The number of nitrogens with one attached hydrogen (secondary N) is 2. The molecule has 102 valence electrons. The first-order chi connectivity index (χ1) is 9.35. The molecule has 0 aliphatic carbocycles. The van der Waals surface area contributed by atoms with Gasteiger partial charge in [-0.15, -0.1) is 16.7 Å². The molecule has 0 aliphatic heterocycles. The standard InChI is InChI=1S/C14H19ClN4/c1-16-14-17-13(18-19-14)12(9-5-6-10-15)11-7-3-2-4-8-11/h2-4,7-8,12H,5-6,9-10H2,1H3,(H2,16,17,18,19). The summed E-state index contributed by atoms with van der Waals surface area (Å²) in [6.07, 6.45) is 3.13. The first kappa shape index (κ1) is 13.9. The molecule has 0 radical (unpaired) electrons. The van der Waals surface area contributed by atoms with Crippen LogP contribution in [0.3, 0.4) is 0 Å². The summed E-state index contributed by atoms with van der Waals surface area (Å²) in [5.74, 6) is 2.50. The Hall–Kier alpha value is -1.55. The number of nitrogens with zero attached hydrogens (tertiary/aromatic N) is 2. The molecule has 0 amide bonds. The Morgan fingerprint density at radius 1 is 1.26 bits per heavy atom. The molecule has 4 nitrogen and oxygen atoms in total. The second kappa shape index (κ2) is 7.14. The first-order valence-corrected chi connectivity index (χ1v) is 7.09. The number of benzene rings is 1. The fourth-order valence-corrected chi connectivity index (χ4v) is 2.32. The van der Waals surface area contributed by atoms with Crippen molar-refractivity contribution in [1.82, 2.24) is 15.2 Å². The van der Waals surface area contributed by atoms with Crippen LogP contribution in [0.15, 0.2) is 30.3 Å². The van der Waals surface area contributed by atoms with Crippen LogP contribution in [-0.2, 0) is 0 Å². The second-order valence-electron chi connectivity index (χ2n) is 4.44. The normalized spacial score (nSPS) is 12.3. The van der Waals surface area contributed by atoms with E-state index in [0.29, 0.717) is 11.8 Å². The Morgan fingerprint density at radius 3 is 2.68 bits per heavy atom. The average Bonchev–Trinajstić information content (AvgIpc) is 2.93. The van der Waals surface area contributed by atoms with E-state index >= 15 is 0 Å². The number of hydrogen-bond acceptors (Lipinski definition) is 3. The molecular formula is C14H19ClN4. The number of unbranched alkanes of at least 4 members (excludes halogenated alkanes) is 1. The van der Waals surface area contributed by atoms with E-state index in [9.17, 15) is 0 Å². The molecule has 0 spiro atoms. The van der Waals surface area contributed by atoms with Gasteiger partial charge in [-0.2, -0.15) is 4.98 Å². The summed E-state index contributed by atoms with van der Waals surface area (Å²) in [6, 6.07) is 10.4. The molecule has 5 heteroatoms. The number of halogens is 1. The van der Waals surface area contributed by atoms with Crippen LogP contribution in [0.1, 0.15) is 36.6 Å². The third-order valence-electron chi connectivity index (χ3n) is 3.13. The van der Waals surface area contributed by atoms with Crippen molar-refractivity contribution in [2.45, 2.75) is 25.2 Å². The van der Waals surface area contributed by atoms with Gasteiger partial charge in [0.25, 0.3) is 0 Å². The molecule has 1 heterocycles. The predicted octanol–water partition coefficient (Wildman–Crippen LogP) is 3.39. The topological polar surface area (TPSA) is 53.6 Å². The zero-order chi connectivity index (χ0) is 13.5. The number of aromatic amines is 1. The highest BCUT2D eigenvalue weighted by atomic mass is 35.5. The fraction of sp³-hybridized carbons (Fsp3) is 0.429. The van der Waals surface area contributed by atoms with Gasteiger partial charge in [0.15, 0.2) is 0 Å². The molecule has 0 bridgehead atoms. The van der Waals surface area contributed by atoms with Gasteiger partial charge in [0.05, 0.1) is 0 Å². The molecule has 0 saturated heterocycles. The highest BCUT2D eigenvalue weighted by Crippen LogP contribution is 2.27. The molecule has 1 aromatic heterocycles. The summed E-state index contributed by atoms with van der Waals surface area (Å²) in [4.78, 5) is 4.47. The Labute approximate surface area is 118 Å². The van der Waals surface area contributed by atoms with E-state index in [1.165, 1.54) is 5.56 Å². The van der Waals surface area contributed by atoms with Crippen LogP contribution in [0.2, 0.25) is 0 Å². The molecule has 2 N–H and O–H groups in total. The molecule has 1 aromatic carbocycles. The third-order valence-corrected chi connectivity index (χ3v) is 3.40. The first-order valence-electron chi connectivity index (χ1n) is 6.56. The van der Waals surface area contributed by atoms with Gasteiger partial charge in [0.2, 0.25) is 5.95 Å². The Bertz CT molecular complexity index is 483. The Balaban J connectivity index is 2.18. The minimum atomic E-state index is 0.249. The van der Waals surface area contributed by atoms with Gasteiger partial charge in [-0.1, -0.05) is 36.8 Å². The van der Waals surface area contributed by atoms with Crippen molar-refractivity contribution in [3.63, 3.8) is 0 Å². The lowest BCUT2D eigenvalue weighted by molar-refractivity contribution is 0.626. The number of H-pyrrole nitrogens is 1. The van der Waals surface area contributed by atoms with Gasteiger partial charge >= 0.3 is 0 Å². The van der Waals surface area contributed by atoms with Crippen molar-refractivity contribution in [2.24, 2.45) is 0 Å². The Kier molecular flexibility index (Phi) is 5.21. The molecule has 2 rings (SSSR count). The van der Waals surface area contributed by atoms with Gasteiger partial charge in [-0.05, 0) is 18.4 Å². The van der Waals surface area contributed by atoms with E-state index in [-0.39, 0.29) is 5.92 Å². The van der Waals surface area contributed by atoms with Crippen LogP contribution in [0, 0.1) is 0 Å². The van der Waals surface area contributed by atoms with Crippen LogP contribution in [0.4, 0.5) is 5.95 Å². The lowest BCUT2D eigenvalue weighted by Crippen LogP contribution is -2.04. The summed E-state index contributed by atoms with van der Waals surface area (Å²) in [5, 5.41) is 10.1. The van der Waals surface area contributed by atoms with Gasteiger partial charge in [0.1, 0.15) is 5.82 Å². The third kappa shape index (κ3) is 3.70. The molecule has 2 aromatic rings. The molecule has 0 saturated carbocycles. The van der Waals surface area contributed by atoms with Crippen LogP contribution in [0.5, 0.6) is 0 Å². The molecular weight excluding hydrogens is 260 g/mol. The molecule has 0 fully saturated rings. The maximum absolute atomic E-state index is 5.76. The van der Waals surface area contributed by atoms with Crippen molar-refractivity contribution in [3.05, 3.63) is 41.7 Å². The number of hydrogen-bond donors (Lipinski definition) is 2. The summed E-state index contributed by atoms with van der Waals surface area (Å²) < 4.78 is 0. The van der Waals surface area contributed by atoms with E-state index in [1.807, 2.05) is 13.1 Å². The maximum atomic E-state index is 5.76. The lowest BCUT2D eigenvalue weighted by Gasteiger charge is -2.14. The quantitative estimate of drug-likeness (QED) is 0.603. The highest BCUT2D eigenvalue weighted by Gasteiger charge is 2.17. The number of rotatable bonds is 7. The average molecular weight is 279 g/mol. The van der Waals surface area contributed by atoms with Gasteiger partial charge < -0.3 is 5.32 Å². The zero-order valence-electron chi connectivity index (χ0n) is 11.1. The molecule has 19 heavy (non-hydrogen) atoms.